The molecule has 0 bridgehead atoms. The molecule has 1 N–H and O–H groups in total. The second-order valence-electron chi connectivity index (χ2n) is 5.45. The van der Waals surface area contributed by atoms with Crippen LogP contribution >= 0.6 is 11.6 Å². The first-order valence-corrected chi connectivity index (χ1v) is 9.46. The maximum atomic E-state index is 12.7. The molecule has 1 aliphatic heterocycles. The third-order valence-electron chi connectivity index (χ3n) is 4.14. The van der Waals surface area contributed by atoms with Gasteiger partial charge in [-0.2, -0.15) is 4.31 Å². The summed E-state index contributed by atoms with van der Waals surface area (Å²) in [4.78, 5) is 17.4. The topological polar surface area (TPSA) is 73.5 Å². The third-order valence-corrected chi connectivity index (χ3v) is 6.41. The average Bonchev–Trinajstić information content (AvgIpc) is 2.91. The van der Waals surface area contributed by atoms with Crippen molar-refractivity contribution >= 4 is 38.4 Å². The van der Waals surface area contributed by atoms with Crippen molar-refractivity contribution in [2.24, 2.45) is 0 Å². The Morgan fingerprint density at radius 1 is 1.22 bits per heavy atom. The first-order valence-electron chi connectivity index (χ1n) is 7.47. The molecule has 2 aromatic rings. The van der Waals surface area contributed by atoms with Crippen LogP contribution in [-0.4, -0.2) is 60.4 Å². The molecule has 1 aromatic heterocycles. The number of para-hydroxylation sites is 1. The van der Waals surface area contributed by atoms with Gasteiger partial charge in [0.1, 0.15) is 5.69 Å². The van der Waals surface area contributed by atoms with Crippen LogP contribution in [-0.2, 0) is 10.0 Å². The fourth-order valence-electron chi connectivity index (χ4n) is 2.77. The Hall–Kier alpha value is -1.57. The van der Waals surface area contributed by atoms with Gasteiger partial charge in [-0.05, 0) is 13.0 Å². The molecule has 1 amide bonds. The van der Waals surface area contributed by atoms with Gasteiger partial charge in [-0.15, -0.1) is 0 Å². The van der Waals surface area contributed by atoms with E-state index in [-0.39, 0.29) is 11.7 Å². The van der Waals surface area contributed by atoms with Crippen LogP contribution in [0.5, 0.6) is 0 Å². The van der Waals surface area contributed by atoms with Gasteiger partial charge in [0.05, 0.1) is 10.8 Å². The number of rotatable bonds is 3. The maximum absolute atomic E-state index is 12.7. The summed E-state index contributed by atoms with van der Waals surface area (Å²) in [5, 5.41) is 1.22. The van der Waals surface area contributed by atoms with Crippen molar-refractivity contribution in [3.63, 3.8) is 0 Å². The molecule has 0 atom stereocenters. The summed E-state index contributed by atoms with van der Waals surface area (Å²) in [6.07, 6.45) is 0. The van der Waals surface area contributed by atoms with Crippen molar-refractivity contribution in [2.45, 2.75) is 6.92 Å². The van der Waals surface area contributed by atoms with Crippen molar-refractivity contribution in [1.29, 1.82) is 0 Å². The van der Waals surface area contributed by atoms with E-state index in [4.69, 9.17) is 11.6 Å². The maximum Gasteiger partial charge on any atom is 0.271 e. The molecule has 1 fully saturated rings. The molecule has 0 radical (unpaired) electrons. The highest BCUT2D eigenvalue weighted by Crippen LogP contribution is 2.28. The molecule has 8 heteroatoms. The predicted molar refractivity (Wildman–Crippen MR) is 90.2 cm³/mol. The molecule has 2 heterocycles. The van der Waals surface area contributed by atoms with Gasteiger partial charge >= 0.3 is 0 Å². The molecule has 0 saturated carbocycles. The normalized spacial score (nSPS) is 16.9. The lowest BCUT2D eigenvalue weighted by atomic mass is 10.2. The number of benzene rings is 1. The molecule has 124 valence electrons. The molecule has 1 saturated heterocycles. The second kappa shape index (κ2) is 6.14. The molecule has 1 aromatic carbocycles. The number of hydrogen-bond acceptors (Lipinski definition) is 3. The lowest BCUT2D eigenvalue weighted by molar-refractivity contribution is 0.0693. The number of halogens is 1. The van der Waals surface area contributed by atoms with Gasteiger partial charge in [-0.1, -0.05) is 29.8 Å². The van der Waals surface area contributed by atoms with Crippen molar-refractivity contribution < 1.29 is 13.2 Å². The highest BCUT2D eigenvalue weighted by Gasteiger charge is 2.29. The Bertz CT molecular complexity index is 839. The minimum absolute atomic E-state index is 0.0782. The monoisotopic (exact) mass is 355 g/mol. The molecule has 1 aliphatic rings. The molecular formula is C15H18ClN3O3S. The van der Waals surface area contributed by atoms with Crippen LogP contribution in [0.3, 0.4) is 0 Å². The Balaban J connectivity index is 1.78. The van der Waals surface area contributed by atoms with E-state index in [9.17, 15) is 13.2 Å². The first-order chi connectivity index (χ1) is 10.9. The van der Waals surface area contributed by atoms with Gasteiger partial charge < -0.3 is 9.88 Å². The Labute approximate surface area is 140 Å². The number of piperazine rings is 1. The zero-order valence-electron chi connectivity index (χ0n) is 12.8. The van der Waals surface area contributed by atoms with E-state index in [1.54, 1.807) is 11.8 Å². The van der Waals surface area contributed by atoms with E-state index in [1.807, 2.05) is 24.3 Å². The van der Waals surface area contributed by atoms with E-state index in [0.717, 1.165) is 10.9 Å². The van der Waals surface area contributed by atoms with Crippen molar-refractivity contribution in [1.82, 2.24) is 14.2 Å². The summed E-state index contributed by atoms with van der Waals surface area (Å²) in [5.41, 5.74) is 1.17. The smallest absolute Gasteiger partial charge is 0.271 e. The standard InChI is InChI=1S/C15H18ClN3O3S/c1-2-23(21,22)19-9-7-18(8-10-19)15(20)14-13(16)11-5-3-4-6-12(11)17-14/h3-6,17H,2,7-10H2,1H3. The predicted octanol–water partition coefficient (Wildman–Crippen LogP) is 1.93. The number of nitrogens with one attached hydrogen (secondary N) is 1. The van der Waals surface area contributed by atoms with Crippen molar-refractivity contribution in [3.8, 4) is 0 Å². The zero-order chi connectivity index (χ0) is 16.6. The quantitative estimate of drug-likeness (QED) is 0.914. The van der Waals surface area contributed by atoms with E-state index < -0.39 is 10.0 Å². The van der Waals surface area contributed by atoms with Gasteiger partial charge in [0.15, 0.2) is 0 Å². The summed E-state index contributed by atoms with van der Waals surface area (Å²) < 4.78 is 25.2. The summed E-state index contributed by atoms with van der Waals surface area (Å²) in [6.45, 7) is 2.99. The van der Waals surface area contributed by atoms with Crippen LogP contribution in [0.15, 0.2) is 24.3 Å². The number of H-pyrrole nitrogens is 1. The van der Waals surface area contributed by atoms with E-state index >= 15 is 0 Å². The van der Waals surface area contributed by atoms with Crippen LogP contribution in [0.25, 0.3) is 10.9 Å². The van der Waals surface area contributed by atoms with Crippen LogP contribution in [0, 0.1) is 0 Å². The van der Waals surface area contributed by atoms with Gasteiger partial charge in [0.2, 0.25) is 10.0 Å². The van der Waals surface area contributed by atoms with Crippen molar-refractivity contribution in [3.05, 3.63) is 35.0 Å². The minimum Gasteiger partial charge on any atom is -0.349 e. The molecule has 6 nitrogen and oxygen atoms in total. The number of sulfonamides is 1. The SMILES string of the molecule is CCS(=O)(=O)N1CCN(C(=O)c2[nH]c3ccccc3c2Cl)CC1. The first kappa shape index (κ1) is 16.3. The molecule has 0 aliphatic carbocycles. The average molecular weight is 356 g/mol. The minimum atomic E-state index is -3.20. The van der Waals surface area contributed by atoms with Crippen LogP contribution in [0.4, 0.5) is 0 Å². The Morgan fingerprint density at radius 2 is 1.87 bits per heavy atom. The molecule has 0 spiro atoms. The van der Waals surface area contributed by atoms with E-state index in [2.05, 4.69) is 4.98 Å². The molecule has 23 heavy (non-hydrogen) atoms. The highest BCUT2D eigenvalue weighted by atomic mass is 35.5. The van der Waals surface area contributed by atoms with E-state index in [0.29, 0.717) is 36.9 Å². The number of hydrogen-bond donors (Lipinski definition) is 1. The zero-order valence-corrected chi connectivity index (χ0v) is 14.3. The fraction of sp³-hybridized carbons (Fsp3) is 0.400. The fourth-order valence-corrected chi connectivity index (χ4v) is 4.14. The van der Waals surface area contributed by atoms with Gasteiger partial charge in [0, 0.05) is 37.1 Å². The number of nitrogens with zero attached hydrogens (tertiary/aromatic N) is 2. The van der Waals surface area contributed by atoms with Crippen LogP contribution in [0.1, 0.15) is 17.4 Å². The Morgan fingerprint density at radius 3 is 2.48 bits per heavy atom. The molecule has 0 unspecified atom stereocenters. The summed E-state index contributed by atoms with van der Waals surface area (Å²) in [6, 6.07) is 7.46. The van der Waals surface area contributed by atoms with Gasteiger partial charge in [-0.3, -0.25) is 4.79 Å². The Kier molecular flexibility index (Phi) is 4.35. The molecule has 3 rings (SSSR count). The van der Waals surface area contributed by atoms with Gasteiger partial charge in [0.25, 0.3) is 5.91 Å². The number of amides is 1. The van der Waals surface area contributed by atoms with Crippen LogP contribution in [0.2, 0.25) is 5.02 Å². The number of fused-ring (bicyclic) bond motifs is 1. The van der Waals surface area contributed by atoms with Crippen molar-refractivity contribution in [2.75, 3.05) is 31.9 Å². The number of carbonyl (C=O) groups excluding carboxylic acids is 1. The summed E-state index contributed by atoms with van der Waals surface area (Å²) in [7, 11) is -3.20. The second-order valence-corrected chi connectivity index (χ2v) is 8.09. The number of aromatic amines is 1. The lowest BCUT2D eigenvalue weighted by Gasteiger charge is -2.33. The van der Waals surface area contributed by atoms with Crippen LogP contribution < -0.4 is 0 Å². The lowest BCUT2D eigenvalue weighted by Crippen LogP contribution is -2.51. The largest absolute Gasteiger partial charge is 0.349 e. The summed E-state index contributed by atoms with van der Waals surface area (Å²) >= 11 is 6.31. The van der Waals surface area contributed by atoms with Gasteiger partial charge in [-0.25, -0.2) is 8.42 Å². The molecular weight excluding hydrogens is 338 g/mol. The summed E-state index contributed by atoms with van der Waals surface area (Å²) in [5.74, 6) is -0.117. The third kappa shape index (κ3) is 2.96. The number of carbonyl (C=O) groups is 1. The number of aromatic nitrogens is 1. The van der Waals surface area contributed by atoms with E-state index in [1.165, 1.54) is 4.31 Å². The highest BCUT2D eigenvalue weighted by molar-refractivity contribution is 7.89.